The number of aliphatic hydroxyl groups is 1. The van der Waals surface area contributed by atoms with Crippen molar-refractivity contribution >= 4 is 5.78 Å². The summed E-state index contributed by atoms with van der Waals surface area (Å²) in [5.74, 6) is -0.271. The van der Waals surface area contributed by atoms with Crippen molar-refractivity contribution in [2.24, 2.45) is 0 Å². The summed E-state index contributed by atoms with van der Waals surface area (Å²) in [6.45, 7) is 5.66. The van der Waals surface area contributed by atoms with Crippen LogP contribution in [0.5, 0.6) is 0 Å². The summed E-state index contributed by atoms with van der Waals surface area (Å²) in [6, 6.07) is 0. The second kappa shape index (κ2) is 18.7. The summed E-state index contributed by atoms with van der Waals surface area (Å²) in [5, 5.41) is 9.48. The van der Waals surface area contributed by atoms with Crippen LogP contribution in [0.3, 0.4) is 0 Å². The van der Waals surface area contributed by atoms with Crippen LogP contribution in [-0.2, 0) is 4.79 Å². The van der Waals surface area contributed by atoms with Gasteiger partial charge in [-0.05, 0) is 18.9 Å². The molecule has 24 heavy (non-hydrogen) atoms. The number of rotatable bonds is 19. The van der Waals surface area contributed by atoms with Gasteiger partial charge in [0, 0.05) is 0 Å². The van der Waals surface area contributed by atoms with Gasteiger partial charge in [0.25, 0.3) is 0 Å². The Kier molecular flexibility index (Phi) is 18.2. The van der Waals surface area contributed by atoms with Crippen molar-refractivity contribution in [3.8, 4) is 0 Å². The van der Waals surface area contributed by atoms with Crippen LogP contribution in [0, 0.1) is 6.42 Å². The Bertz CT molecular complexity index is 286. The van der Waals surface area contributed by atoms with Crippen LogP contribution in [0.4, 0.5) is 0 Å². The van der Waals surface area contributed by atoms with Gasteiger partial charge in [-0.2, -0.15) is 0 Å². The van der Waals surface area contributed by atoms with Crippen LogP contribution in [-0.4, -0.2) is 17.0 Å². The summed E-state index contributed by atoms with van der Waals surface area (Å²) in [4.78, 5) is 11.1. The second-order valence-electron chi connectivity index (χ2n) is 7.03. The average Bonchev–Trinajstić information content (AvgIpc) is 2.60. The molecule has 0 aliphatic heterocycles. The molecule has 2 nitrogen and oxygen atoms in total. The fourth-order valence-electron chi connectivity index (χ4n) is 3.01. The molecule has 0 rings (SSSR count). The first-order valence-corrected chi connectivity index (χ1v) is 10.4. The predicted octanol–water partition coefficient (Wildman–Crippen LogP) is 6.57. The molecule has 1 unspecified atom stereocenters. The lowest BCUT2D eigenvalue weighted by Crippen LogP contribution is -2.17. The molecule has 1 atom stereocenters. The number of aliphatic hydroxyl groups excluding tert-OH is 1. The average molecular weight is 338 g/mol. The van der Waals surface area contributed by atoms with Crippen molar-refractivity contribution in [3.63, 3.8) is 0 Å². The quantitative estimate of drug-likeness (QED) is 0.214. The highest BCUT2D eigenvalue weighted by Gasteiger charge is 2.10. The Morgan fingerprint density at radius 3 is 1.67 bits per heavy atom. The third kappa shape index (κ3) is 16.2. The van der Waals surface area contributed by atoms with Crippen molar-refractivity contribution in [2.45, 2.75) is 116 Å². The Labute approximate surface area is 151 Å². The van der Waals surface area contributed by atoms with E-state index in [1.807, 2.05) is 6.42 Å². The molecular formula is C22H41O2. The lowest BCUT2D eigenvalue weighted by atomic mass is 10.0. The van der Waals surface area contributed by atoms with Crippen molar-refractivity contribution in [2.75, 3.05) is 0 Å². The molecule has 0 bridgehead atoms. The predicted molar refractivity (Wildman–Crippen MR) is 105 cm³/mol. The van der Waals surface area contributed by atoms with Gasteiger partial charge in [-0.3, -0.25) is 4.79 Å². The largest absolute Gasteiger partial charge is 0.385 e. The van der Waals surface area contributed by atoms with Gasteiger partial charge >= 0.3 is 0 Å². The summed E-state index contributed by atoms with van der Waals surface area (Å²) in [6.07, 6.45) is 23.0. The number of unbranched alkanes of at least 4 members (excludes halogenated alkanes) is 15. The van der Waals surface area contributed by atoms with E-state index < -0.39 is 6.10 Å². The van der Waals surface area contributed by atoms with Crippen LogP contribution in [0.15, 0.2) is 12.7 Å². The molecule has 0 aromatic rings. The van der Waals surface area contributed by atoms with Crippen molar-refractivity contribution < 1.29 is 9.90 Å². The highest BCUT2D eigenvalue weighted by Crippen LogP contribution is 2.14. The Morgan fingerprint density at radius 2 is 1.25 bits per heavy atom. The van der Waals surface area contributed by atoms with E-state index in [4.69, 9.17) is 0 Å². The topological polar surface area (TPSA) is 37.3 Å². The van der Waals surface area contributed by atoms with E-state index in [0.29, 0.717) is 6.42 Å². The van der Waals surface area contributed by atoms with Crippen LogP contribution >= 0.6 is 0 Å². The molecule has 1 radical (unpaired) electrons. The molecule has 0 aliphatic rings. The van der Waals surface area contributed by atoms with E-state index >= 15 is 0 Å². The molecule has 2 heteroatoms. The zero-order valence-electron chi connectivity index (χ0n) is 16.1. The first-order valence-electron chi connectivity index (χ1n) is 10.4. The molecule has 0 spiro atoms. The Balaban J connectivity index is 3.10. The molecular weight excluding hydrogens is 296 g/mol. The van der Waals surface area contributed by atoms with Crippen LogP contribution in [0.2, 0.25) is 0 Å². The van der Waals surface area contributed by atoms with Gasteiger partial charge in [-0.1, -0.05) is 110 Å². The lowest BCUT2D eigenvalue weighted by Gasteiger charge is -2.06. The van der Waals surface area contributed by atoms with Crippen molar-refractivity contribution in [1.82, 2.24) is 0 Å². The van der Waals surface area contributed by atoms with Crippen LogP contribution in [0.25, 0.3) is 0 Å². The van der Waals surface area contributed by atoms with Gasteiger partial charge in [0.2, 0.25) is 0 Å². The summed E-state index contributed by atoms with van der Waals surface area (Å²) < 4.78 is 0. The monoisotopic (exact) mass is 337 g/mol. The molecule has 0 aliphatic carbocycles. The maximum Gasteiger partial charge on any atom is 0.183 e. The third-order valence-corrected chi connectivity index (χ3v) is 4.68. The maximum absolute atomic E-state index is 11.1. The maximum atomic E-state index is 11.1. The van der Waals surface area contributed by atoms with Gasteiger partial charge in [0.15, 0.2) is 5.78 Å². The number of ketones is 1. The standard InChI is InChI=1S/C22H41O2/c1-3-5-6-7-8-9-10-11-12-13-14-15-16-17-18-19-20-22(24)21(23)4-2/h4,19,22,24H,2-3,5-18,20H2,1H3. The highest BCUT2D eigenvalue weighted by molar-refractivity contribution is 5.92. The summed E-state index contributed by atoms with van der Waals surface area (Å²) in [7, 11) is 0. The highest BCUT2D eigenvalue weighted by atomic mass is 16.3. The minimum atomic E-state index is -0.880. The molecule has 0 aromatic carbocycles. The summed E-state index contributed by atoms with van der Waals surface area (Å²) in [5.41, 5.74) is 0. The zero-order valence-corrected chi connectivity index (χ0v) is 16.1. The number of hydrogen-bond donors (Lipinski definition) is 1. The molecule has 0 heterocycles. The Morgan fingerprint density at radius 1 is 0.833 bits per heavy atom. The van der Waals surface area contributed by atoms with Crippen LogP contribution < -0.4 is 0 Å². The lowest BCUT2D eigenvalue weighted by molar-refractivity contribution is -0.122. The zero-order chi connectivity index (χ0) is 17.9. The molecule has 0 fully saturated rings. The van der Waals surface area contributed by atoms with Gasteiger partial charge in [0.05, 0.1) is 0 Å². The fourth-order valence-corrected chi connectivity index (χ4v) is 3.01. The normalized spacial score (nSPS) is 12.2. The van der Waals surface area contributed by atoms with Gasteiger partial charge in [-0.15, -0.1) is 0 Å². The number of hydrogen-bond acceptors (Lipinski definition) is 2. The van der Waals surface area contributed by atoms with E-state index in [-0.39, 0.29) is 5.78 Å². The van der Waals surface area contributed by atoms with Crippen molar-refractivity contribution in [3.05, 3.63) is 19.1 Å². The smallest absolute Gasteiger partial charge is 0.183 e. The van der Waals surface area contributed by atoms with Crippen LogP contribution in [0.1, 0.15) is 110 Å². The number of carbonyl (C=O) groups is 1. The van der Waals surface area contributed by atoms with Gasteiger partial charge in [-0.25, -0.2) is 0 Å². The Hall–Kier alpha value is -0.630. The van der Waals surface area contributed by atoms with Gasteiger partial charge < -0.3 is 5.11 Å². The van der Waals surface area contributed by atoms with E-state index in [0.717, 1.165) is 6.42 Å². The molecule has 1 N–H and O–H groups in total. The molecule has 0 saturated carbocycles. The van der Waals surface area contributed by atoms with E-state index in [1.165, 1.54) is 96.0 Å². The molecule has 0 saturated heterocycles. The minimum Gasteiger partial charge on any atom is -0.385 e. The SMILES string of the molecule is C=CC(=O)C(O)C[CH]CCCCCCCCCCCCCCCC. The summed E-state index contributed by atoms with van der Waals surface area (Å²) >= 11 is 0. The number of carbonyl (C=O) groups excluding carboxylic acids is 1. The first kappa shape index (κ1) is 23.4. The first-order chi connectivity index (χ1) is 11.7. The van der Waals surface area contributed by atoms with E-state index in [9.17, 15) is 9.90 Å². The third-order valence-electron chi connectivity index (χ3n) is 4.68. The van der Waals surface area contributed by atoms with Gasteiger partial charge in [0.1, 0.15) is 6.10 Å². The van der Waals surface area contributed by atoms with E-state index in [2.05, 4.69) is 13.5 Å². The fraction of sp³-hybridized carbons (Fsp3) is 0.818. The van der Waals surface area contributed by atoms with Crippen molar-refractivity contribution in [1.29, 1.82) is 0 Å². The molecule has 0 aromatic heterocycles. The molecule has 0 amide bonds. The second-order valence-corrected chi connectivity index (χ2v) is 7.03. The minimum absolute atomic E-state index is 0.271. The molecule has 141 valence electrons. The van der Waals surface area contributed by atoms with E-state index in [1.54, 1.807) is 0 Å².